The van der Waals surface area contributed by atoms with Crippen LogP contribution in [0.2, 0.25) is 0 Å². The van der Waals surface area contributed by atoms with Crippen molar-refractivity contribution >= 4 is 27.7 Å². The molecule has 0 atom stereocenters. The minimum atomic E-state index is -4.54. The van der Waals surface area contributed by atoms with Gasteiger partial charge in [-0.25, -0.2) is 0 Å². The Hall–Kier alpha value is -4.46. The number of hydrogen-bond donors (Lipinski definition) is 1. The van der Waals surface area contributed by atoms with Crippen LogP contribution in [-0.4, -0.2) is 15.5 Å². The molecule has 5 aromatic rings. The first-order valence-electron chi connectivity index (χ1n) is 10.2. The van der Waals surface area contributed by atoms with Crippen molar-refractivity contribution in [2.24, 2.45) is 5.73 Å². The Morgan fingerprint density at radius 2 is 1.62 bits per heavy atom. The van der Waals surface area contributed by atoms with Crippen molar-refractivity contribution in [3.8, 4) is 16.8 Å². The second-order valence-electron chi connectivity index (χ2n) is 7.79. The van der Waals surface area contributed by atoms with Crippen molar-refractivity contribution in [3.63, 3.8) is 0 Å². The number of rotatable bonds is 3. The quantitative estimate of drug-likeness (QED) is 0.371. The fourth-order valence-corrected chi connectivity index (χ4v) is 4.00. The number of carbonyl (C=O) groups excluding carboxylic acids is 1. The van der Waals surface area contributed by atoms with Crippen LogP contribution in [-0.2, 0) is 6.18 Å². The summed E-state index contributed by atoms with van der Waals surface area (Å²) in [5.41, 5.74) is 7.09. The van der Waals surface area contributed by atoms with Gasteiger partial charge >= 0.3 is 6.18 Å². The molecule has 0 aliphatic heterocycles. The van der Waals surface area contributed by atoms with E-state index in [-0.39, 0.29) is 5.69 Å². The smallest absolute Gasteiger partial charge is 0.366 e. The molecule has 2 heterocycles. The van der Waals surface area contributed by atoms with E-state index in [0.29, 0.717) is 27.4 Å². The first-order chi connectivity index (χ1) is 16.2. The van der Waals surface area contributed by atoms with E-state index in [0.717, 1.165) is 23.3 Å². The molecule has 5 nitrogen and oxygen atoms in total. The van der Waals surface area contributed by atoms with Crippen LogP contribution in [0, 0.1) is 0 Å². The summed E-state index contributed by atoms with van der Waals surface area (Å²) in [6.07, 6.45) is -2.96. The molecule has 34 heavy (non-hydrogen) atoms. The number of fused-ring (bicyclic) bond motifs is 3. The van der Waals surface area contributed by atoms with Crippen molar-refractivity contribution in [2.75, 3.05) is 0 Å². The van der Waals surface area contributed by atoms with E-state index in [1.807, 2.05) is 12.1 Å². The van der Waals surface area contributed by atoms with E-state index in [9.17, 15) is 22.8 Å². The van der Waals surface area contributed by atoms with Crippen LogP contribution < -0.4 is 11.3 Å². The largest absolute Gasteiger partial charge is 0.416 e. The second-order valence-corrected chi connectivity index (χ2v) is 7.79. The molecule has 0 spiro atoms. The molecule has 3 aromatic carbocycles. The summed E-state index contributed by atoms with van der Waals surface area (Å²) in [5.74, 6) is -0.537. The number of amides is 1. The summed E-state index contributed by atoms with van der Waals surface area (Å²) in [6.45, 7) is 0. The standard InChI is InChI=1S/C26H16F3N3O2/c27-26(28,29)19-2-1-3-20(13-19)32-23(33)11-9-18-14-31-22-10-8-17(12-21(22)24(18)32)15-4-6-16(7-5-15)25(30)34/h1-14H,(H2,30,34). The highest BCUT2D eigenvalue weighted by Gasteiger charge is 2.30. The van der Waals surface area contributed by atoms with Gasteiger partial charge in [0.25, 0.3) is 5.56 Å². The number of pyridine rings is 2. The van der Waals surface area contributed by atoms with Gasteiger partial charge in [0.05, 0.1) is 16.6 Å². The van der Waals surface area contributed by atoms with Gasteiger partial charge in [-0.15, -0.1) is 0 Å². The number of hydrogen-bond acceptors (Lipinski definition) is 3. The van der Waals surface area contributed by atoms with Crippen molar-refractivity contribution in [1.29, 1.82) is 0 Å². The number of alkyl halides is 3. The Labute approximate surface area is 190 Å². The normalized spacial score (nSPS) is 11.7. The minimum absolute atomic E-state index is 0.106. The Bertz CT molecular complexity index is 1640. The Morgan fingerprint density at radius 3 is 2.32 bits per heavy atom. The van der Waals surface area contributed by atoms with Gasteiger partial charge in [0.2, 0.25) is 5.91 Å². The lowest BCUT2D eigenvalue weighted by Gasteiger charge is -2.15. The van der Waals surface area contributed by atoms with Crippen molar-refractivity contribution in [1.82, 2.24) is 9.55 Å². The molecule has 0 saturated heterocycles. The molecule has 2 N–H and O–H groups in total. The maximum atomic E-state index is 13.3. The summed E-state index contributed by atoms with van der Waals surface area (Å²) >= 11 is 0. The predicted molar refractivity (Wildman–Crippen MR) is 124 cm³/mol. The summed E-state index contributed by atoms with van der Waals surface area (Å²) in [5, 5.41) is 1.20. The van der Waals surface area contributed by atoms with Gasteiger partial charge in [-0.2, -0.15) is 13.2 Å². The lowest BCUT2D eigenvalue weighted by molar-refractivity contribution is -0.137. The van der Waals surface area contributed by atoms with E-state index in [4.69, 9.17) is 5.73 Å². The minimum Gasteiger partial charge on any atom is -0.366 e. The average Bonchev–Trinajstić information content (AvgIpc) is 2.83. The van der Waals surface area contributed by atoms with E-state index >= 15 is 0 Å². The predicted octanol–water partition coefficient (Wildman–Crippen LogP) is 5.32. The topological polar surface area (TPSA) is 78.0 Å². The average molecular weight is 459 g/mol. The summed E-state index contributed by atoms with van der Waals surface area (Å²) < 4.78 is 41.3. The molecule has 0 aliphatic rings. The van der Waals surface area contributed by atoms with Gasteiger partial charge in [-0.05, 0) is 59.7 Å². The fourth-order valence-electron chi connectivity index (χ4n) is 4.00. The Balaban J connectivity index is 1.79. The fraction of sp³-hybridized carbons (Fsp3) is 0.0385. The molecule has 0 fully saturated rings. The number of benzene rings is 3. The Morgan fingerprint density at radius 1 is 0.882 bits per heavy atom. The van der Waals surface area contributed by atoms with Crippen LogP contribution in [0.3, 0.4) is 0 Å². The van der Waals surface area contributed by atoms with E-state index in [1.54, 1.807) is 42.6 Å². The van der Waals surface area contributed by atoms with Gasteiger partial charge in [-0.3, -0.25) is 19.1 Å². The molecular formula is C26H16F3N3O2. The first kappa shape index (κ1) is 21.4. The van der Waals surface area contributed by atoms with Gasteiger partial charge < -0.3 is 5.73 Å². The highest BCUT2D eigenvalue weighted by molar-refractivity contribution is 6.05. The number of primary amides is 1. The molecule has 168 valence electrons. The lowest BCUT2D eigenvalue weighted by atomic mass is 10.0. The van der Waals surface area contributed by atoms with Gasteiger partial charge in [0.15, 0.2) is 0 Å². The highest BCUT2D eigenvalue weighted by atomic mass is 19.4. The summed E-state index contributed by atoms with van der Waals surface area (Å²) in [6, 6.07) is 19.7. The molecule has 8 heteroatoms. The summed E-state index contributed by atoms with van der Waals surface area (Å²) in [4.78, 5) is 28.7. The molecule has 0 bridgehead atoms. The van der Waals surface area contributed by atoms with Crippen LogP contribution >= 0.6 is 0 Å². The molecule has 5 rings (SSSR count). The monoisotopic (exact) mass is 459 g/mol. The maximum Gasteiger partial charge on any atom is 0.416 e. The van der Waals surface area contributed by atoms with Crippen LogP contribution in [0.25, 0.3) is 38.6 Å². The zero-order valence-corrected chi connectivity index (χ0v) is 17.5. The second kappa shape index (κ2) is 7.84. The van der Waals surface area contributed by atoms with Crippen LogP contribution in [0.15, 0.2) is 89.9 Å². The van der Waals surface area contributed by atoms with Crippen LogP contribution in [0.4, 0.5) is 13.2 Å². The molecule has 0 unspecified atom stereocenters. The molecule has 0 saturated carbocycles. The van der Waals surface area contributed by atoms with Crippen molar-refractivity contribution in [3.05, 3.63) is 107 Å². The first-order valence-corrected chi connectivity index (χ1v) is 10.2. The van der Waals surface area contributed by atoms with Crippen LogP contribution in [0.1, 0.15) is 15.9 Å². The van der Waals surface area contributed by atoms with Gasteiger partial charge in [0.1, 0.15) is 0 Å². The Kier molecular flexibility index (Phi) is 4.93. The van der Waals surface area contributed by atoms with Gasteiger partial charge in [-0.1, -0.05) is 24.3 Å². The zero-order chi connectivity index (χ0) is 24.0. The number of aromatic nitrogens is 2. The molecular weight excluding hydrogens is 443 g/mol. The number of nitrogens with zero attached hydrogens (tertiary/aromatic N) is 2. The third-order valence-corrected chi connectivity index (χ3v) is 5.65. The lowest BCUT2D eigenvalue weighted by Crippen LogP contribution is -2.18. The number of nitrogens with two attached hydrogens (primary N) is 1. The number of halogens is 3. The molecule has 0 aliphatic carbocycles. The van der Waals surface area contributed by atoms with Crippen molar-refractivity contribution in [2.45, 2.75) is 6.18 Å². The molecule has 0 radical (unpaired) electrons. The highest BCUT2D eigenvalue weighted by Crippen LogP contribution is 2.32. The molecule has 1 amide bonds. The third-order valence-electron chi connectivity index (χ3n) is 5.65. The maximum absolute atomic E-state index is 13.3. The SMILES string of the molecule is NC(=O)c1ccc(-c2ccc3ncc4ccc(=O)n(-c5cccc(C(F)(F)F)c5)c4c3c2)cc1. The molecule has 2 aromatic heterocycles. The third kappa shape index (κ3) is 3.69. The van der Waals surface area contributed by atoms with E-state index in [2.05, 4.69) is 4.98 Å². The summed E-state index contributed by atoms with van der Waals surface area (Å²) in [7, 11) is 0. The van der Waals surface area contributed by atoms with Crippen LogP contribution in [0.5, 0.6) is 0 Å². The van der Waals surface area contributed by atoms with Gasteiger partial charge in [0, 0.05) is 34.3 Å². The van der Waals surface area contributed by atoms with Crippen molar-refractivity contribution < 1.29 is 18.0 Å². The number of carbonyl (C=O) groups is 1. The van der Waals surface area contributed by atoms with E-state index < -0.39 is 23.2 Å². The van der Waals surface area contributed by atoms with E-state index in [1.165, 1.54) is 22.8 Å². The zero-order valence-electron chi connectivity index (χ0n) is 17.5.